The average molecular weight is 252 g/mol. The van der Waals surface area contributed by atoms with Crippen LogP contribution in [0.1, 0.15) is 25.5 Å². The van der Waals surface area contributed by atoms with Crippen LogP contribution in [0, 0.1) is 0 Å². The molecule has 1 unspecified atom stereocenters. The van der Waals surface area contributed by atoms with E-state index in [1.54, 1.807) is 24.3 Å². The summed E-state index contributed by atoms with van der Waals surface area (Å²) >= 11 is 0. The summed E-state index contributed by atoms with van der Waals surface area (Å²) in [5.74, 6) is -0.295. The van der Waals surface area contributed by atoms with Gasteiger partial charge in [0, 0.05) is 19.4 Å². The van der Waals surface area contributed by atoms with Gasteiger partial charge >= 0.3 is 11.9 Å². The normalized spacial score (nSPS) is 11.5. The second-order valence-electron chi connectivity index (χ2n) is 3.64. The molecule has 5 nitrogen and oxygen atoms in total. The summed E-state index contributed by atoms with van der Waals surface area (Å²) in [5, 5.41) is 0. The van der Waals surface area contributed by atoms with Crippen molar-refractivity contribution in [3.63, 3.8) is 0 Å². The van der Waals surface area contributed by atoms with Gasteiger partial charge in [-0.15, -0.1) is 0 Å². The quantitative estimate of drug-likeness (QED) is 0.748. The number of ether oxygens (including phenoxy) is 3. The Kier molecular flexibility index (Phi) is 5.17. The summed E-state index contributed by atoms with van der Waals surface area (Å²) in [6.45, 7) is 2.57. The Morgan fingerprint density at radius 1 is 1.17 bits per heavy atom. The number of benzene rings is 1. The zero-order valence-corrected chi connectivity index (χ0v) is 10.6. The third-order valence-electron chi connectivity index (χ3n) is 2.23. The van der Waals surface area contributed by atoms with E-state index in [2.05, 4.69) is 0 Å². The molecule has 18 heavy (non-hydrogen) atoms. The molecule has 5 heteroatoms. The molecule has 0 aromatic heterocycles. The van der Waals surface area contributed by atoms with Gasteiger partial charge in [0.25, 0.3) is 0 Å². The van der Waals surface area contributed by atoms with Crippen molar-refractivity contribution in [3.05, 3.63) is 29.8 Å². The Morgan fingerprint density at radius 2 is 1.83 bits per heavy atom. The highest BCUT2D eigenvalue weighted by Gasteiger charge is 2.20. The standard InChI is InChI=1S/C13H16O5/c1-9(14)17-8-13(18-10(2)15)11-6-4-5-7-12(11)16-3/h4-7,13H,8H2,1-3H3. The van der Waals surface area contributed by atoms with Gasteiger partial charge in [-0.3, -0.25) is 9.59 Å². The van der Waals surface area contributed by atoms with Gasteiger partial charge in [-0.1, -0.05) is 18.2 Å². The Balaban J connectivity index is 2.92. The number of rotatable bonds is 5. The van der Waals surface area contributed by atoms with Gasteiger partial charge in [-0.2, -0.15) is 0 Å². The van der Waals surface area contributed by atoms with Crippen molar-refractivity contribution >= 4 is 11.9 Å². The van der Waals surface area contributed by atoms with Crippen molar-refractivity contribution in [2.24, 2.45) is 0 Å². The van der Waals surface area contributed by atoms with Gasteiger partial charge in [0.05, 0.1) is 7.11 Å². The van der Waals surface area contributed by atoms with E-state index in [0.29, 0.717) is 11.3 Å². The fourth-order valence-electron chi connectivity index (χ4n) is 1.51. The summed E-state index contributed by atoms with van der Waals surface area (Å²) in [6, 6.07) is 7.11. The van der Waals surface area contributed by atoms with Crippen LogP contribution in [0.25, 0.3) is 0 Å². The number of para-hydroxylation sites is 1. The fraction of sp³-hybridized carbons (Fsp3) is 0.385. The van der Waals surface area contributed by atoms with E-state index < -0.39 is 18.0 Å². The van der Waals surface area contributed by atoms with Gasteiger partial charge in [0.15, 0.2) is 6.10 Å². The van der Waals surface area contributed by atoms with E-state index in [4.69, 9.17) is 14.2 Å². The van der Waals surface area contributed by atoms with Gasteiger partial charge in [0.2, 0.25) is 0 Å². The predicted molar refractivity (Wildman–Crippen MR) is 64.1 cm³/mol. The number of methoxy groups -OCH3 is 1. The number of esters is 2. The lowest BCUT2D eigenvalue weighted by molar-refractivity contribution is -0.156. The topological polar surface area (TPSA) is 61.8 Å². The van der Waals surface area contributed by atoms with E-state index in [9.17, 15) is 9.59 Å². The highest BCUT2D eigenvalue weighted by atomic mass is 16.6. The minimum atomic E-state index is -0.664. The molecule has 0 N–H and O–H groups in total. The van der Waals surface area contributed by atoms with E-state index in [1.165, 1.54) is 21.0 Å². The van der Waals surface area contributed by atoms with Crippen molar-refractivity contribution in [1.29, 1.82) is 0 Å². The second kappa shape index (κ2) is 6.64. The molecule has 0 bridgehead atoms. The van der Waals surface area contributed by atoms with Crippen molar-refractivity contribution in [1.82, 2.24) is 0 Å². The third kappa shape index (κ3) is 4.08. The van der Waals surface area contributed by atoms with Gasteiger partial charge in [0.1, 0.15) is 12.4 Å². The Labute approximate surface area is 106 Å². The Bertz CT molecular complexity index is 427. The van der Waals surface area contributed by atoms with Gasteiger partial charge < -0.3 is 14.2 Å². The summed E-state index contributed by atoms with van der Waals surface area (Å²) in [5.41, 5.74) is 0.663. The number of hydrogen-bond acceptors (Lipinski definition) is 5. The average Bonchev–Trinajstić information content (AvgIpc) is 2.33. The zero-order valence-electron chi connectivity index (χ0n) is 10.6. The lowest BCUT2D eigenvalue weighted by atomic mass is 10.1. The smallest absolute Gasteiger partial charge is 0.303 e. The van der Waals surface area contributed by atoms with Crippen molar-refractivity contribution in [3.8, 4) is 5.75 Å². The van der Waals surface area contributed by atoms with Crippen LogP contribution in [0.3, 0.4) is 0 Å². The first kappa shape index (κ1) is 14.0. The predicted octanol–water partition coefficient (Wildman–Crippen LogP) is 1.86. The fourth-order valence-corrected chi connectivity index (χ4v) is 1.51. The number of hydrogen-bond donors (Lipinski definition) is 0. The minimum absolute atomic E-state index is 0.0325. The molecular weight excluding hydrogens is 236 g/mol. The monoisotopic (exact) mass is 252 g/mol. The molecule has 0 aliphatic rings. The lowest BCUT2D eigenvalue weighted by Crippen LogP contribution is -2.17. The van der Waals surface area contributed by atoms with Crippen LogP contribution in [-0.2, 0) is 19.1 Å². The van der Waals surface area contributed by atoms with Crippen LogP contribution >= 0.6 is 0 Å². The van der Waals surface area contributed by atoms with Crippen LogP contribution in [-0.4, -0.2) is 25.7 Å². The van der Waals surface area contributed by atoms with E-state index in [0.717, 1.165) is 0 Å². The molecule has 1 aromatic rings. The summed E-state index contributed by atoms with van der Waals surface area (Å²) in [4.78, 5) is 21.9. The molecule has 1 atom stereocenters. The van der Waals surface area contributed by atoms with E-state index in [-0.39, 0.29) is 6.61 Å². The highest BCUT2D eigenvalue weighted by Crippen LogP contribution is 2.27. The molecule has 98 valence electrons. The van der Waals surface area contributed by atoms with Crippen LogP contribution in [0.5, 0.6) is 5.75 Å². The third-order valence-corrected chi connectivity index (χ3v) is 2.23. The first-order valence-electron chi connectivity index (χ1n) is 5.48. The van der Waals surface area contributed by atoms with Crippen LogP contribution in [0.15, 0.2) is 24.3 Å². The van der Waals surface area contributed by atoms with Crippen molar-refractivity contribution < 1.29 is 23.8 Å². The lowest BCUT2D eigenvalue weighted by Gasteiger charge is -2.19. The zero-order chi connectivity index (χ0) is 13.5. The van der Waals surface area contributed by atoms with E-state index >= 15 is 0 Å². The van der Waals surface area contributed by atoms with Crippen LogP contribution in [0.2, 0.25) is 0 Å². The first-order chi connectivity index (χ1) is 8.54. The number of carbonyl (C=O) groups is 2. The maximum Gasteiger partial charge on any atom is 0.303 e. The number of carbonyl (C=O) groups excluding carboxylic acids is 2. The molecule has 0 saturated carbocycles. The summed E-state index contributed by atoms with van der Waals surface area (Å²) < 4.78 is 15.2. The maximum atomic E-state index is 11.1. The Morgan fingerprint density at radius 3 is 2.39 bits per heavy atom. The minimum Gasteiger partial charge on any atom is -0.496 e. The summed E-state index contributed by atoms with van der Waals surface area (Å²) in [6.07, 6.45) is -0.664. The van der Waals surface area contributed by atoms with Crippen molar-refractivity contribution in [2.75, 3.05) is 13.7 Å². The van der Waals surface area contributed by atoms with Crippen LogP contribution in [0.4, 0.5) is 0 Å². The van der Waals surface area contributed by atoms with Crippen molar-refractivity contribution in [2.45, 2.75) is 20.0 Å². The molecule has 0 heterocycles. The van der Waals surface area contributed by atoms with Gasteiger partial charge in [-0.05, 0) is 6.07 Å². The first-order valence-corrected chi connectivity index (χ1v) is 5.48. The van der Waals surface area contributed by atoms with Crippen LogP contribution < -0.4 is 4.74 Å². The molecule has 1 aromatic carbocycles. The van der Waals surface area contributed by atoms with E-state index in [1.807, 2.05) is 0 Å². The maximum absolute atomic E-state index is 11.1. The molecule has 0 spiro atoms. The molecular formula is C13H16O5. The molecule has 0 aliphatic heterocycles. The molecule has 0 amide bonds. The molecule has 0 fully saturated rings. The Hall–Kier alpha value is -2.04. The second-order valence-corrected chi connectivity index (χ2v) is 3.64. The van der Waals surface area contributed by atoms with Gasteiger partial charge in [-0.25, -0.2) is 0 Å². The largest absolute Gasteiger partial charge is 0.496 e. The molecule has 0 radical (unpaired) electrons. The molecule has 1 rings (SSSR count). The summed E-state index contributed by atoms with van der Waals surface area (Å²) in [7, 11) is 1.52. The SMILES string of the molecule is COc1ccccc1C(COC(C)=O)OC(C)=O. The molecule has 0 aliphatic carbocycles. The highest BCUT2D eigenvalue weighted by molar-refractivity contribution is 5.67. The molecule has 0 saturated heterocycles.